The third-order valence-corrected chi connectivity index (χ3v) is 3.53. The molecule has 4 nitrogen and oxygen atoms in total. The number of ether oxygens (including phenoxy) is 1. The molecule has 1 N–H and O–H groups in total. The average Bonchev–Trinajstić information content (AvgIpc) is 2.55. The van der Waals surface area contributed by atoms with Gasteiger partial charge in [-0.1, -0.05) is 54.6 Å². The molecule has 1 aromatic heterocycles. The molecule has 4 heteroatoms. The van der Waals surface area contributed by atoms with E-state index in [1.54, 1.807) is 0 Å². The fourth-order valence-corrected chi connectivity index (χ4v) is 2.59. The highest BCUT2D eigenvalue weighted by atomic mass is 16.5. The minimum absolute atomic E-state index is 0.00652. The lowest BCUT2D eigenvalue weighted by molar-refractivity contribution is -0.118. The quantitative estimate of drug-likeness (QED) is 0.742. The van der Waals surface area contributed by atoms with E-state index < -0.39 is 0 Å². The first kappa shape index (κ1) is 11.9. The van der Waals surface area contributed by atoms with E-state index in [1.807, 2.05) is 54.6 Å². The van der Waals surface area contributed by atoms with Gasteiger partial charge in [-0.25, -0.2) is 4.98 Å². The number of carbonyl (C=O) groups is 1. The molecule has 0 spiro atoms. The van der Waals surface area contributed by atoms with Gasteiger partial charge < -0.3 is 10.1 Å². The number of nitrogens with zero attached hydrogens (tertiary/aromatic N) is 1. The number of anilines is 1. The smallest absolute Gasteiger partial charge is 0.262 e. The summed E-state index contributed by atoms with van der Waals surface area (Å²) in [6, 6.07) is 17.9. The van der Waals surface area contributed by atoms with Crippen LogP contribution in [-0.2, 0) is 4.79 Å². The number of fused-ring (bicyclic) bond motifs is 3. The maximum Gasteiger partial charge on any atom is 0.262 e. The summed E-state index contributed by atoms with van der Waals surface area (Å²) < 4.78 is 5.48. The average molecular weight is 276 g/mol. The summed E-state index contributed by atoms with van der Waals surface area (Å²) in [6.45, 7) is 0.00652. The normalized spacial score (nSPS) is 13.4. The number of amides is 1. The molecule has 1 amide bonds. The van der Waals surface area contributed by atoms with Crippen molar-refractivity contribution in [1.29, 1.82) is 0 Å². The molecule has 3 aromatic rings. The van der Waals surface area contributed by atoms with E-state index >= 15 is 0 Å². The molecule has 4 rings (SSSR count). The monoisotopic (exact) mass is 276 g/mol. The molecular weight excluding hydrogens is 264 g/mol. The molecule has 0 radical (unpaired) electrons. The Morgan fingerprint density at radius 3 is 2.48 bits per heavy atom. The van der Waals surface area contributed by atoms with Crippen LogP contribution >= 0.6 is 0 Å². The van der Waals surface area contributed by atoms with Gasteiger partial charge in [0.1, 0.15) is 5.69 Å². The molecule has 0 atom stereocenters. The third-order valence-electron chi connectivity index (χ3n) is 3.53. The fraction of sp³-hybridized carbons (Fsp3) is 0.0588. The fourth-order valence-electron chi connectivity index (χ4n) is 2.59. The van der Waals surface area contributed by atoms with Crippen LogP contribution in [0.5, 0.6) is 5.88 Å². The summed E-state index contributed by atoms with van der Waals surface area (Å²) in [4.78, 5) is 16.2. The Morgan fingerprint density at radius 1 is 0.952 bits per heavy atom. The Kier molecular flexibility index (Phi) is 2.60. The van der Waals surface area contributed by atoms with Crippen LogP contribution in [0.1, 0.15) is 0 Å². The van der Waals surface area contributed by atoms with Gasteiger partial charge in [-0.15, -0.1) is 0 Å². The molecule has 2 aromatic carbocycles. The first-order valence-electron chi connectivity index (χ1n) is 6.74. The Balaban J connectivity index is 2.05. The van der Waals surface area contributed by atoms with Crippen LogP contribution in [0.4, 0.5) is 5.69 Å². The molecule has 0 saturated carbocycles. The van der Waals surface area contributed by atoms with E-state index in [1.165, 1.54) is 0 Å². The standard InChI is InChI=1S/C17H12N2O2/c20-14-10-21-17-16(18-14)13-9-5-4-8-12(13)15(19-17)11-6-2-1-3-7-11/h1-9H,10H2,(H,18,20). The first-order chi connectivity index (χ1) is 10.3. The van der Waals surface area contributed by atoms with E-state index in [4.69, 9.17) is 4.74 Å². The van der Waals surface area contributed by atoms with Crippen molar-refractivity contribution in [2.24, 2.45) is 0 Å². The summed E-state index contributed by atoms with van der Waals surface area (Å²) >= 11 is 0. The number of nitrogens with one attached hydrogen (secondary N) is 1. The van der Waals surface area contributed by atoms with Gasteiger partial charge in [-0.05, 0) is 0 Å². The second-order valence-corrected chi connectivity index (χ2v) is 4.89. The molecule has 1 aliphatic rings. The van der Waals surface area contributed by atoms with Crippen LogP contribution in [0.15, 0.2) is 54.6 Å². The van der Waals surface area contributed by atoms with E-state index in [-0.39, 0.29) is 12.5 Å². The van der Waals surface area contributed by atoms with Gasteiger partial charge in [0, 0.05) is 16.3 Å². The van der Waals surface area contributed by atoms with Crippen molar-refractivity contribution in [3.05, 3.63) is 54.6 Å². The maximum absolute atomic E-state index is 11.6. The minimum atomic E-state index is -0.151. The molecule has 21 heavy (non-hydrogen) atoms. The van der Waals surface area contributed by atoms with E-state index in [2.05, 4.69) is 10.3 Å². The lowest BCUT2D eigenvalue weighted by atomic mass is 10.0. The molecule has 0 fully saturated rings. The summed E-state index contributed by atoms with van der Waals surface area (Å²) in [5.41, 5.74) is 2.54. The van der Waals surface area contributed by atoms with Crippen molar-refractivity contribution in [2.45, 2.75) is 0 Å². The van der Waals surface area contributed by atoms with E-state index in [0.717, 1.165) is 22.0 Å². The van der Waals surface area contributed by atoms with Crippen LogP contribution in [-0.4, -0.2) is 17.5 Å². The second kappa shape index (κ2) is 4.59. The van der Waals surface area contributed by atoms with Crippen molar-refractivity contribution in [3.63, 3.8) is 0 Å². The molecule has 0 aliphatic carbocycles. The number of rotatable bonds is 1. The Hall–Kier alpha value is -2.88. The van der Waals surface area contributed by atoms with E-state index in [0.29, 0.717) is 11.6 Å². The summed E-state index contributed by atoms with van der Waals surface area (Å²) in [6.07, 6.45) is 0. The van der Waals surface area contributed by atoms with Gasteiger partial charge in [0.2, 0.25) is 5.88 Å². The second-order valence-electron chi connectivity index (χ2n) is 4.89. The van der Waals surface area contributed by atoms with Crippen molar-refractivity contribution < 1.29 is 9.53 Å². The number of carbonyl (C=O) groups excluding carboxylic acids is 1. The lowest BCUT2D eigenvalue weighted by Crippen LogP contribution is -2.26. The molecular formula is C17H12N2O2. The van der Waals surface area contributed by atoms with Gasteiger partial charge in [-0.2, -0.15) is 0 Å². The van der Waals surface area contributed by atoms with Crippen molar-refractivity contribution in [3.8, 4) is 17.1 Å². The lowest BCUT2D eigenvalue weighted by Gasteiger charge is -2.20. The van der Waals surface area contributed by atoms with Crippen molar-refractivity contribution >= 4 is 22.4 Å². The van der Waals surface area contributed by atoms with Gasteiger partial charge in [0.05, 0.1) is 5.69 Å². The molecule has 1 aliphatic heterocycles. The van der Waals surface area contributed by atoms with Crippen LogP contribution in [0.25, 0.3) is 22.0 Å². The number of hydrogen-bond acceptors (Lipinski definition) is 3. The highest BCUT2D eigenvalue weighted by Crippen LogP contribution is 2.38. The highest BCUT2D eigenvalue weighted by Gasteiger charge is 2.22. The van der Waals surface area contributed by atoms with Crippen LogP contribution in [0.2, 0.25) is 0 Å². The van der Waals surface area contributed by atoms with Crippen molar-refractivity contribution in [2.75, 3.05) is 11.9 Å². The van der Waals surface area contributed by atoms with Crippen LogP contribution in [0, 0.1) is 0 Å². The molecule has 0 bridgehead atoms. The van der Waals surface area contributed by atoms with Crippen LogP contribution in [0.3, 0.4) is 0 Å². The largest absolute Gasteiger partial charge is 0.466 e. The summed E-state index contributed by atoms with van der Waals surface area (Å²) in [7, 11) is 0. The maximum atomic E-state index is 11.6. The topological polar surface area (TPSA) is 51.2 Å². The number of pyridine rings is 1. The van der Waals surface area contributed by atoms with Gasteiger partial charge in [0.15, 0.2) is 6.61 Å². The van der Waals surface area contributed by atoms with Gasteiger partial charge in [0.25, 0.3) is 5.91 Å². The van der Waals surface area contributed by atoms with Gasteiger partial charge in [-0.3, -0.25) is 4.79 Å². The molecule has 2 heterocycles. The predicted molar refractivity (Wildman–Crippen MR) is 81.3 cm³/mol. The minimum Gasteiger partial charge on any atom is -0.466 e. The molecule has 0 saturated heterocycles. The predicted octanol–water partition coefficient (Wildman–Crippen LogP) is 3.23. The zero-order valence-electron chi connectivity index (χ0n) is 11.2. The van der Waals surface area contributed by atoms with Gasteiger partial charge >= 0.3 is 0 Å². The summed E-state index contributed by atoms with van der Waals surface area (Å²) in [5.74, 6) is 0.328. The SMILES string of the molecule is O=C1COc2nc(-c3ccccc3)c3ccccc3c2N1. The van der Waals surface area contributed by atoms with E-state index in [9.17, 15) is 4.79 Å². The summed E-state index contributed by atoms with van der Waals surface area (Å²) in [5, 5.41) is 4.79. The van der Waals surface area contributed by atoms with Crippen LogP contribution < -0.4 is 10.1 Å². The zero-order chi connectivity index (χ0) is 14.2. The third kappa shape index (κ3) is 1.92. The van der Waals surface area contributed by atoms with Crippen molar-refractivity contribution in [1.82, 2.24) is 4.98 Å². The Morgan fingerprint density at radius 2 is 1.67 bits per heavy atom. The first-order valence-corrected chi connectivity index (χ1v) is 6.74. The molecule has 0 unspecified atom stereocenters. The number of hydrogen-bond donors (Lipinski definition) is 1. The Labute approximate surface area is 121 Å². The molecule has 102 valence electrons. The Bertz CT molecular complexity index is 844. The number of benzene rings is 2. The zero-order valence-corrected chi connectivity index (χ0v) is 11.2. The highest BCUT2D eigenvalue weighted by molar-refractivity contribution is 6.09. The number of aromatic nitrogens is 1.